The average Bonchev–Trinajstić information content (AvgIpc) is 3.61. The number of aryl methyl sites for hydroxylation is 1. The molecule has 192 valence electrons. The zero-order chi connectivity index (χ0) is 25.9. The quantitative estimate of drug-likeness (QED) is 0.290. The van der Waals surface area contributed by atoms with Gasteiger partial charge < -0.3 is 20.7 Å². The Labute approximate surface area is 213 Å². The maximum Gasteiger partial charge on any atom is 0.257 e. The zero-order valence-electron chi connectivity index (χ0n) is 20.9. The fourth-order valence-corrected chi connectivity index (χ4v) is 4.56. The topological polar surface area (TPSA) is 141 Å². The number of aromatic nitrogens is 5. The number of aromatic amines is 1. The standard InChI is InChI=1S/C26H30N8O3/c1-16-4-3-5-33(16)15-24(36)30-21-10-22(17(2)27-13-21)32-26(37)19-8-18-9-23(31-25(18)28-11-19)20-12-29-34(14-20)6-7-35/h8-14,16,35H,3-7,15H2,1-2H3,(H,28,31)(H,30,36)(H,32,37)/t16-/m0/s1. The molecule has 11 heteroatoms. The Morgan fingerprint density at radius 1 is 1.16 bits per heavy atom. The number of aliphatic hydroxyl groups is 1. The number of likely N-dealkylation sites (tertiary alicyclic amines) is 1. The van der Waals surface area contributed by atoms with Crippen LogP contribution in [0.2, 0.25) is 0 Å². The molecule has 4 N–H and O–H groups in total. The van der Waals surface area contributed by atoms with E-state index in [0.717, 1.165) is 36.0 Å². The number of hydrogen-bond acceptors (Lipinski definition) is 7. The van der Waals surface area contributed by atoms with Crippen LogP contribution in [0.25, 0.3) is 22.3 Å². The van der Waals surface area contributed by atoms with E-state index in [9.17, 15) is 9.59 Å². The molecule has 0 bridgehead atoms. The molecule has 0 radical (unpaired) electrons. The summed E-state index contributed by atoms with van der Waals surface area (Å²) in [7, 11) is 0. The molecule has 1 aliphatic heterocycles. The minimum absolute atomic E-state index is 0.00992. The monoisotopic (exact) mass is 502 g/mol. The average molecular weight is 503 g/mol. The van der Waals surface area contributed by atoms with Crippen LogP contribution in [0.15, 0.2) is 43.0 Å². The SMILES string of the molecule is Cc1ncc(NC(=O)CN2CCC[C@@H]2C)cc1NC(=O)c1cnc2[nH]c(-c3cnn(CCO)c3)cc2c1. The maximum absolute atomic E-state index is 13.0. The first-order valence-electron chi connectivity index (χ1n) is 12.3. The molecule has 0 spiro atoms. The predicted octanol–water partition coefficient (Wildman–Crippen LogP) is 2.80. The molecule has 1 atom stereocenters. The van der Waals surface area contributed by atoms with Gasteiger partial charge in [-0.05, 0) is 51.4 Å². The number of amides is 2. The van der Waals surface area contributed by atoms with Crippen LogP contribution < -0.4 is 10.6 Å². The highest BCUT2D eigenvalue weighted by molar-refractivity contribution is 6.06. The third kappa shape index (κ3) is 5.52. The van der Waals surface area contributed by atoms with E-state index < -0.39 is 0 Å². The number of rotatable bonds is 8. The van der Waals surface area contributed by atoms with Crippen LogP contribution in [0.5, 0.6) is 0 Å². The minimum atomic E-state index is -0.327. The molecular formula is C26H30N8O3. The van der Waals surface area contributed by atoms with Crippen molar-refractivity contribution < 1.29 is 14.7 Å². The van der Waals surface area contributed by atoms with Gasteiger partial charge in [-0.3, -0.25) is 24.2 Å². The lowest BCUT2D eigenvalue weighted by Crippen LogP contribution is -2.35. The zero-order valence-corrected chi connectivity index (χ0v) is 20.9. The van der Waals surface area contributed by atoms with E-state index in [1.165, 1.54) is 6.20 Å². The molecule has 1 fully saturated rings. The second-order valence-electron chi connectivity index (χ2n) is 9.38. The Morgan fingerprint density at radius 2 is 2.03 bits per heavy atom. The van der Waals surface area contributed by atoms with E-state index in [-0.39, 0.29) is 18.4 Å². The van der Waals surface area contributed by atoms with Crippen LogP contribution in [0.4, 0.5) is 11.4 Å². The summed E-state index contributed by atoms with van der Waals surface area (Å²) < 4.78 is 1.66. The number of carbonyl (C=O) groups excluding carboxylic acids is 2. The molecule has 1 aliphatic rings. The van der Waals surface area contributed by atoms with Gasteiger partial charge >= 0.3 is 0 Å². The number of fused-ring (bicyclic) bond motifs is 1. The molecule has 0 aromatic carbocycles. The first-order chi connectivity index (χ1) is 17.9. The molecule has 1 saturated heterocycles. The molecular weight excluding hydrogens is 472 g/mol. The largest absolute Gasteiger partial charge is 0.394 e. The van der Waals surface area contributed by atoms with E-state index in [1.54, 1.807) is 36.1 Å². The molecule has 0 unspecified atom stereocenters. The van der Waals surface area contributed by atoms with Crippen molar-refractivity contribution in [2.75, 3.05) is 30.3 Å². The van der Waals surface area contributed by atoms with Gasteiger partial charge in [-0.25, -0.2) is 4.98 Å². The van der Waals surface area contributed by atoms with Crippen molar-refractivity contribution in [1.29, 1.82) is 0 Å². The lowest BCUT2D eigenvalue weighted by atomic mass is 10.2. The fourth-order valence-electron chi connectivity index (χ4n) is 4.56. The summed E-state index contributed by atoms with van der Waals surface area (Å²) in [6, 6.07) is 5.80. The normalized spacial score (nSPS) is 15.8. The van der Waals surface area contributed by atoms with E-state index in [4.69, 9.17) is 5.11 Å². The molecule has 5 heterocycles. The van der Waals surface area contributed by atoms with Gasteiger partial charge in [-0.15, -0.1) is 0 Å². The van der Waals surface area contributed by atoms with Crippen molar-refractivity contribution in [3.05, 3.63) is 54.2 Å². The van der Waals surface area contributed by atoms with Gasteiger partial charge in [0.25, 0.3) is 5.91 Å². The van der Waals surface area contributed by atoms with E-state index in [1.807, 2.05) is 12.3 Å². The summed E-state index contributed by atoms with van der Waals surface area (Å²) >= 11 is 0. The Morgan fingerprint density at radius 3 is 2.81 bits per heavy atom. The summed E-state index contributed by atoms with van der Waals surface area (Å²) in [6.45, 7) is 5.62. The number of carbonyl (C=O) groups is 2. The van der Waals surface area contributed by atoms with Crippen LogP contribution in [-0.4, -0.2) is 72.3 Å². The van der Waals surface area contributed by atoms with Crippen LogP contribution in [0, 0.1) is 6.92 Å². The van der Waals surface area contributed by atoms with E-state index >= 15 is 0 Å². The van der Waals surface area contributed by atoms with Crippen molar-refractivity contribution in [3.63, 3.8) is 0 Å². The summed E-state index contributed by atoms with van der Waals surface area (Å²) in [5.74, 6) is -0.427. The van der Waals surface area contributed by atoms with Crippen LogP contribution in [-0.2, 0) is 11.3 Å². The lowest BCUT2D eigenvalue weighted by molar-refractivity contribution is -0.117. The number of hydrogen-bond donors (Lipinski definition) is 4. The van der Waals surface area contributed by atoms with Crippen LogP contribution >= 0.6 is 0 Å². The summed E-state index contributed by atoms with van der Waals surface area (Å²) in [5.41, 5.74) is 4.40. The number of nitrogens with zero attached hydrogens (tertiary/aromatic N) is 5. The predicted molar refractivity (Wildman–Crippen MR) is 140 cm³/mol. The van der Waals surface area contributed by atoms with Crippen molar-refractivity contribution in [3.8, 4) is 11.3 Å². The van der Waals surface area contributed by atoms with Gasteiger partial charge in [0.1, 0.15) is 5.65 Å². The Balaban J connectivity index is 1.28. The van der Waals surface area contributed by atoms with Crippen molar-refractivity contribution >= 4 is 34.2 Å². The van der Waals surface area contributed by atoms with Crippen molar-refractivity contribution in [2.45, 2.75) is 39.3 Å². The first kappa shape index (κ1) is 24.6. The third-order valence-electron chi connectivity index (χ3n) is 6.66. The molecule has 4 aromatic rings. The molecule has 0 aliphatic carbocycles. The smallest absolute Gasteiger partial charge is 0.257 e. The number of H-pyrrole nitrogens is 1. The van der Waals surface area contributed by atoms with Crippen LogP contribution in [0.3, 0.4) is 0 Å². The highest BCUT2D eigenvalue weighted by atomic mass is 16.3. The van der Waals surface area contributed by atoms with Gasteiger partial charge in [-0.1, -0.05) is 0 Å². The van der Waals surface area contributed by atoms with Gasteiger partial charge in [0.05, 0.1) is 60.4 Å². The first-order valence-corrected chi connectivity index (χ1v) is 12.3. The molecule has 5 rings (SSSR count). The highest BCUT2D eigenvalue weighted by Crippen LogP contribution is 2.24. The summed E-state index contributed by atoms with van der Waals surface area (Å²) in [6.07, 6.45) is 8.86. The third-order valence-corrected chi connectivity index (χ3v) is 6.66. The minimum Gasteiger partial charge on any atom is -0.394 e. The Hall–Kier alpha value is -4.09. The Bertz CT molecular complexity index is 1440. The molecule has 2 amide bonds. The fraction of sp³-hybridized carbons (Fsp3) is 0.346. The van der Waals surface area contributed by atoms with Crippen LogP contribution in [0.1, 0.15) is 35.8 Å². The highest BCUT2D eigenvalue weighted by Gasteiger charge is 2.22. The van der Waals surface area contributed by atoms with E-state index in [2.05, 4.69) is 42.5 Å². The van der Waals surface area contributed by atoms with Gasteiger partial charge in [0.2, 0.25) is 5.91 Å². The lowest BCUT2D eigenvalue weighted by Gasteiger charge is -2.20. The van der Waals surface area contributed by atoms with Gasteiger partial charge in [-0.2, -0.15) is 5.10 Å². The number of nitrogens with one attached hydrogen (secondary N) is 3. The number of aliphatic hydroxyl groups excluding tert-OH is 1. The summed E-state index contributed by atoms with van der Waals surface area (Å²) in [4.78, 5) is 39.7. The van der Waals surface area contributed by atoms with E-state index in [0.29, 0.717) is 47.4 Å². The summed E-state index contributed by atoms with van der Waals surface area (Å²) in [5, 5.41) is 19.9. The van der Waals surface area contributed by atoms with Crippen molar-refractivity contribution in [1.82, 2.24) is 29.6 Å². The molecule has 4 aromatic heterocycles. The second kappa shape index (κ2) is 10.5. The van der Waals surface area contributed by atoms with Crippen molar-refractivity contribution in [2.24, 2.45) is 0 Å². The van der Waals surface area contributed by atoms with Gasteiger partial charge in [0.15, 0.2) is 0 Å². The molecule has 0 saturated carbocycles. The van der Waals surface area contributed by atoms with Gasteiger partial charge in [0, 0.05) is 29.4 Å². The molecule has 11 nitrogen and oxygen atoms in total. The number of anilines is 2. The number of pyridine rings is 2. The second-order valence-corrected chi connectivity index (χ2v) is 9.38. The Kier molecular flexibility index (Phi) is 6.97. The maximum atomic E-state index is 13.0. The molecule has 37 heavy (non-hydrogen) atoms.